The van der Waals surface area contributed by atoms with Gasteiger partial charge in [-0.3, -0.25) is 4.90 Å². The molecule has 9 nitrogen and oxygen atoms in total. The van der Waals surface area contributed by atoms with Gasteiger partial charge in [0.25, 0.3) is 0 Å². The molecule has 234 valence electrons. The van der Waals surface area contributed by atoms with Crippen molar-refractivity contribution in [3.8, 4) is 11.7 Å². The number of carboxylic acids is 1. The van der Waals surface area contributed by atoms with Crippen LogP contribution in [0.15, 0.2) is 53.9 Å². The van der Waals surface area contributed by atoms with E-state index in [4.69, 9.17) is 19.2 Å². The minimum absolute atomic E-state index is 0.0556. The number of allylic oxidation sites excluding steroid dienone is 3. The fraction of sp³-hybridized carbons (Fsp3) is 0.441. The Kier molecular flexibility index (Phi) is 10.1. The van der Waals surface area contributed by atoms with Gasteiger partial charge in [0.15, 0.2) is 5.82 Å². The lowest BCUT2D eigenvalue weighted by Crippen LogP contribution is -2.39. The van der Waals surface area contributed by atoms with Gasteiger partial charge < -0.3 is 19.3 Å². The lowest BCUT2D eigenvalue weighted by molar-refractivity contribution is -0.00823. The number of fused-ring (bicyclic) bond motifs is 1. The van der Waals surface area contributed by atoms with Gasteiger partial charge in [0.1, 0.15) is 23.7 Å². The van der Waals surface area contributed by atoms with Crippen LogP contribution < -0.4 is 4.74 Å². The monoisotopic (exact) mass is 604 g/mol. The minimum Gasteiger partial charge on any atom is -0.488 e. The molecule has 3 aromatic rings. The second-order valence-corrected chi connectivity index (χ2v) is 11.3. The van der Waals surface area contributed by atoms with E-state index < -0.39 is 5.97 Å². The molecule has 2 aliphatic heterocycles. The van der Waals surface area contributed by atoms with Gasteiger partial charge >= 0.3 is 5.97 Å². The summed E-state index contributed by atoms with van der Waals surface area (Å²) < 4.78 is 34.5. The van der Waals surface area contributed by atoms with Gasteiger partial charge in [-0.15, -0.1) is 0 Å². The zero-order valence-electron chi connectivity index (χ0n) is 25.9. The van der Waals surface area contributed by atoms with Gasteiger partial charge in [-0.25, -0.2) is 14.2 Å². The largest absolute Gasteiger partial charge is 0.488 e. The molecule has 1 saturated heterocycles. The Labute approximate surface area is 258 Å². The normalized spacial score (nSPS) is 18.0. The van der Waals surface area contributed by atoms with Crippen molar-refractivity contribution < 1.29 is 28.5 Å². The molecule has 4 heterocycles. The summed E-state index contributed by atoms with van der Waals surface area (Å²) in [6.45, 7) is 9.35. The van der Waals surface area contributed by atoms with Crippen LogP contribution in [0.1, 0.15) is 79.2 Å². The maximum atomic E-state index is 15.4. The molecule has 0 aliphatic carbocycles. The van der Waals surface area contributed by atoms with Crippen molar-refractivity contribution in [1.82, 2.24) is 19.7 Å². The molecule has 0 amide bonds. The summed E-state index contributed by atoms with van der Waals surface area (Å²) in [6, 6.07) is 9.08. The summed E-state index contributed by atoms with van der Waals surface area (Å²) in [7, 11) is 1.40. The Bertz CT molecular complexity index is 1560. The first kappa shape index (κ1) is 31.4. The van der Waals surface area contributed by atoms with Crippen LogP contribution in [-0.4, -0.2) is 63.7 Å². The molecule has 1 fully saturated rings. The second kappa shape index (κ2) is 14.2. The number of methoxy groups -OCH3 is 1. The standard InChI is InChI=1S/C34H41FN4O5/c1-5-22(3)32(26(6-2)30-11-9-12-31(37-30)39-33(42-4)27(18-36-39)34(40)41)44-21-23-16-24-13-14-38(20-28(24)29(35)17-23)19-25-10-7-8-15-43-25/h6,9,11-12,16-18,25H,5,7-8,10,13-15,19-21H2,1-4H3,(H,40,41)/b26-6-,32-22+. The first-order valence-electron chi connectivity index (χ1n) is 15.3. The summed E-state index contributed by atoms with van der Waals surface area (Å²) >= 11 is 0. The molecule has 5 rings (SSSR count). The molecule has 1 aromatic carbocycles. The Morgan fingerprint density at radius 2 is 2.11 bits per heavy atom. The van der Waals surface area contributed by atoms with Gasteiger partial charge in [0.2, 0.25) is 5.88 Å². The molecular weight excluding hydrogens is 563 g/mol. The van der Waals surface area contributed by atoms with Gasteiger partial charge in [0.05, 0.1) is 25.1 Å². The van der Waals surface area contributed by atoms with Gasteiger partial charge in [0, 0.05) is 37.4 Å². The van der Waals surface area contributed by atoms with E-state index in [2.05, 4.69) is 23.0 Å². The lowest BCUT2D eigenvalue weighted by atomic mass is 9.96. The van der Waals surface area contributed by atoms with Crippen LogP contribution in [0, 0.1) is 5.82 Å². The van der Waals surface area contributed by atoms with Crippen LogP contribution in [0.2, 0.25) is 0 Å². The third kappa shape index (κ3) is 6.87. The average molecular weight is 605 g/mol. The molecule has 2 aliphatic rings. The molecule has 1 N–H and O–H groups in total. The Hall–Kier alpha value is -4.02. The van der Waals surface area contributed by atoms with Crippen molar-refractivity contribution in [1.29, 1.82) is 0 Å². The number of aromatic carboxylic acids is 1. The number of carboxylic acid groups (broad SMARTS) is 1. The van der Waals surface area contributed by atoms with E-state index in [0.29, 0.717) is 23.8 Å². The van der Waals surface area contributed by atoms with Crippen LogP contribution >= 0.6 is 0 Å². The summed E-state index contributed by atoms with van der Waals surface area (Å²) in [5, 5.41) is 13.7. The predicted octanol–water partition coefficient (Wildman–Crippen LogP) is 6.34. The third-order valence-electron chi connectivity index (χ3n) is 8.37. The molecule has 1 unspecified atom stereocenters. The number of benzene rings is 1. The van der Waals surface area contributed by atoms with Crippen molar-refractivity contribution in [2.75, 3.05) is 26.8 Å². The zero-order chi connectivity index (χ0) is 31.2. The zero-order valence-corrected chi connectivity index (χ0v) is 25.9. The number of ether oxygens (including phenoxy) is 3. The summed E-state index contributed by atoms with van der Waals surface area (Å²) in [5.41, 5.74) is 4.96. The van der Waals surface area contributed by atoms with Crippen LogP contribution in [0.5, 0.6) is 5.88 Å². The molecule has 0 bridgehead atoms. The maximum absolute atomic E-state index is 15.4. The van der Waals surface area contributed by atoms with Gasteiger partial charge in [-0.05, 0) is 80.9 Å². The number of halogens is 1. The number of nitrogens with zero attached hydrogens (tertiary/aromatic N) is 4. The highest BCUT2D eigenvalue weighted by Crippen LogP contribution is 2.31. The first-order valence-corrected chi connectivity index (χ1v) is 15.3. The van der Waals surface area contributed by atoms with Crippen molar-refractivity contribution in [2.24, 2.45) is 0 Å². The number of rotatable bonds is 11. The molecule has 0 radical (unpaired) electrons. The molecule has 2 aromatic heterocycles. The molecule has 0 spiro atoms. The van der Waals surface area contributed by atoms with E-state index in [-0.39, 0.29) is 30.0 Å². The van der Waals surface area contributed by atoms with Gasteiger partial charge in [-0.1, -0.05) is 25.1 Å². The Morgan fingerprint density at radius 1 is 1.27 bits per heavy atom. The van der Waals surface area contributed by atoms with Crippen molar-refractivity contribution >= 4 is 11.5 Å². The van der Waals surface area contributed by atoms with E-state index in [1.54, 1.807) is 12.1 Å². The molecular formula is C34H41FN4O5. The predicted molar refractivity (Wildman–Crippen MR) is 165 cm³/mol. The van der Waals surface area contributed by atoms with Crippen LogP contribution in [-0.2, 0) is 29.0 Å². The average Bonchev–Trinajstić information content (AvgIpc) is 3.48. The molecule has 10 heteroatoms. The van der Waals surface area contributed by atoms with E-state index in [1.807, 2.05) is 32.1 Å². The van der Waals surface area contributed by atoms with Crippen LogP contribution in [0.25, 0.3) is 11.4 Å². The second-order valence-electron chi connectivity index (χ2n) is 11.3. The van der Waals surface area contributed by atoms with E-state index in [1.165, 1.54) is 24.4 Å². The number of pyridine rings is 1. The fourth-order valence-electron chi connectivity index (χ4n) is 5.89. The summed E-state index contributed by atoms with van der Waals surface area (Å²) in [5.74, 6) is -0.167. The fourth-order valence-corrected chi connectivity index (χ4v) is 5.89. The first-order chi connectivity index (χ1) is 21.3. The van der Waals surface area contributed by atoms with Crippen molar-refractivity contribution in [3.63, 3.8) is 0 Å². The smallest absolute Gasteiger partial charge is 0.342 e. The summed E-state index contributed by atoms with van der Waals surface area (Å²) in [6.07, 6.45) is 8.36. The van der Waals surface area contributed by atoms with E-state index in [9.17, 15) is 9.90 Å². The number of aromatic nitrogens is 3. The number of hydrogen-bond donors (Lipinski definition) is 1. The SMILES string of the molecule is C/C=C(\C(OCc1cc(F)c2c(c1)CCN(CC1CCCCO1)C2)=C(\C)CC)c1cccc(-n2ncc(C(=O)O)c2OC)n1. The number of hydrogen-bond acceptors (Lipinski definition) is 7. The lowest BCUT2D eigenvalue weighted by Gasteiger charge is -2.33. The third-order valence-corrected chi connectivity index (χ3v) is 8.37. The maximum Gasteiger partial charge on any atom is 0.342 e. The Morgan fingerprint density at radius 3 is 2.82 bits per heavy atom. The Balaban J connectivity index is 1.34. The quantitative estimate of drug-likeness (QED) is 0.200. The van der Waals surface area contributed by atoms with Crippen molar-refractivity contribution in [2.45, 2.75) is 72.1 Å². The minimum atomic E-state index is -1.14. The topological polar surface area (TPSA) is 98.9 Å². The van der Waals surface area contributed by atoms with E-state index >= 15 is 4.39 Å². The van der Waals surface area contributed by atoms with Crippen LogP contribution in [0.4, 0.5) is 4.39 Å². The highest BCUT2D eigenvalue weighted by atomic mass is 19.1. The highest BCUT2D eigenvalue weighted by molar-refractivity contribution is 5.90. The summed E-state index contributed by atoms with van der Waals surface area (Å²) in [4.78, 5) is 18.7. The highest BCUT2D eigenvalue weighted by Gasteiger charge is 2.25. The van der Waals surface area contributed by atoms with Gasteiger partial charge in [-0.2, -0.15) is 9.78 Å². The number of carbonyl (C=O) groups is 1. The molecule has 44 heavy (non-hydrogen) atoms. The molecule has 1 atom stereocenters. The van der Waals surface area contributed by atoms with Crippen molar-refractivity contribution in [3.05, 3.63) is 87.7 Å². The molecule has 0 saturated carbocycles. The van der Waals surface area contributed by atoms with Crippen LogP contribution in [0.3, 0.4) is 0 Å². The van der Waals surface area contributed by atoms with E-state index in [0.717, 1.165) is 73.2 Å².